The molecule has 1 aliphatic rings. The van der Waals surface area contributed by atoms with Crippen LogP contribution in [0.2, 0.25) is 0 Å². The molecule has 15 heavy (non-hydrogen) atoms. The van der Waals surface area contributed by atoms with Crippen molar-refractivity contribution in [2.75, 3.05) is 20.3 Å². The van der Waals surface area contributed by atoms with E-state index in [9.17, 15) is 0 Å². The Morgan fingerprint density at radius 3 is 3.00 bits per heavy atom. The van der Waals surface area contributed by atoms with Crippen LogP contribution in [0.3, 0.4) is 0 Å². The van der Waals surface area contributed by atoms with Gasteiger partial charge in [-0.25, -0.2) is 0 Å². The summed E-state index contributed by atoms with van der Waals surface area (Å²) in [6.07, 6.45) is 0.149. The maximum Gasteiger partial charge on any atom is 0.119 e. The van der Waals surface area contributed by atoms with Crippen LogP contribution in [0.5, 0.6) is 5.75 Å². The number of nitrogens with one attached hydrogen (secondary N) is 1. The van der Waals surface area contributed by atoms with Crippen molar-refractivity contribution in [2.45, 2.75) is 19.1 Å². The maximum atomic E-state index is 5.76. The Morgan fingerprint density at radius 2 is 2.33 bits per heavy atom. The predicted molar refractivity (Wildman–Crippen MR) is 59.2 cm³/mol. The van der Waals surface area contributed by atoms with Crippen LogP contribution in [0.4, 0.5) is 0 Å². The number of rotatable bonds is 2. The monoisotopic (exact) mass is 207 g/mol. The van der Waals surface area contributed by atoms with E-state index in [1.807, 2.05) is 18.2 Å². The molecule has 0 bridgehead atoms. The fourth-order valence-corrected chi connectivity index (χ4v) is 1.74. The minimum absolute atomic E-state index is 0.149. The molecule has 0 spiro atoms. The second kappa shape index (κ2) is 4.64. The van der Waals surface area contributed by atoms with E-state index < -0.39 is 0 Å². The van der Waals surface area contributed by atoms with Crippen LogP contribution in [0, 0.1) is 0 Å². The van der Waals surface area contributed by atoms with Gasteiger partial charge in [-0.2, -0.15) is 0 Å². The highest BCUT2D eigenvalue weighted by Gasteiger charge is 2.19. The summed E-state index contributed by atoms with van der Waals surface area (Å²) in [5.74, 6) is 0.884. The van der Waals surface area contributed by atoms with E-state index in [0.717, 1.165) is 18.9 Å². The van der Waals surface area contributed by atoms with Crippen molar-refractivity contribution in [2.24, 2.45) is 0 Å². The van der Waals surface area contributed by atoms with Gasteiger partial charge in [0, 0.05) is 12.6 Å². The lowest BCUT2D eigenvalue weighted by Crippen LogP contribution is -2.40. The highest BCUT2D eigenvalue weighted by Crippen LogP contribution is 2.23. The molecule has 0 aliphatic carbocycles. The van der Waals surface area contributed by atoms with Crippen LogP contribution >= 0.6 is 0 Å². The smallest absolute Gasteiger partial charge is 0.119 e. The minimum Gasteiger partial charge on any atom is -0.497 e. The standard InChI is InChI=1S/C12H17NO2/c1-9-8-15-12(7-13-9)10-4-3-5-11(6-10)14-2/h3-6,9,12-13H,7-8H2,1-2H3/t9-,12?/m1/s1. The Morgan fingerprint density at radius 1 is 1.47 bits per heavy atom. The van der Waals surface area contributed by atoms with Gasteiger partial charge in [0.2, 0.25) is 0 Å². The Labute approximate surface area is 90.4 Å². The second-order valence-corrected chi connectivity index (χ2v) is 3.91. The van der Waals surface area contributed by atoms with Crippen molar-refractivity contribution in [3.8, 4) is 5.75 Å². The van der Waals surface area contributed by atoms with Gasteiger partial charge in [0.1, 0.15) is 5.75 Å². The Kier molecular flexibility index (Phi) is 3.23. The van der Waals surface area contributed by atoms with Gasteiger partial charge in [0.05, 0.1) is 19.8 Å². The first-order valence-electron chi connectivity index (χ1n) is 5.28. The zero-order valence-electron chi connectivity index (χ0n) is 9.19. The first-order chi connectivity index (χ1) is 7.29. The zero-order valence-corrected chi connectivity index (χ0v) is 9.19. The zero-order chi connectivity index (χ0) is 10.7. The molecule has 2 rings (SSSR count). The Balaban J connectivity index is 2.08. The number of methoxy groups -OCH3 is 1. The van der Waals surface area contributed by atoms with Crippen LogP contribution in [-0.2, 0) is 4.74 Å². The first-order valence-corrected chi connectivity index (χ1v) is 5.28. The Bertz CT molecular complexity index is 319. The highest BCUT2D eigenvalue weighted by molar-refractivity contribution is 5.30. The van der Waals surface area contributed by atoms with Gasteiger partial charge in [0.15, 0.2) is 0 Å². The number of benzene rings is 1. The number of morpholine rings is 1. The van der Waals surface area contributed by atoms with E-state index in [4.69, 9.17) is 9.47 Å². The molecule has 0 radical (unpaired) electrons. The molecule has 1 aromatic carbocycles. The molecule has 0 aromatic heterocycles. The van der Waals surface area contributed by atoms with Crippen molar-refractivity contribution < 1.29 is 9.47 Å². The van der Waals surface area contributed by atoms with Crippen molar-refractivity contribution >= 4 is 0 Å². The molecule has 1 fully saturated rings. The molecule has 1 unspecified atom stereocenters. The third kappa shape index (κ3) is 2.49. The summed E-state index contributed by atoms with van der Waals surface area (Å²) >= 11 is 0. The van der Waals surface area contributed by atoms with Crippen molar-refractivity contribution in [1.29, 1.82) is 0 Å². The summed E-state index contributed by atoms with van der Waals surface area (Å²) in [5.41, 5.74) is 1.17. The third-order valence-electron chi connectivity index (χ3n) is 2.66. The Hall–Kier alpha value is -1.06. The summed E-state index contributed by atoms with van der Waals surface area (Å²) < 4.78 is 10.9. The topological polar surface area (TPSA) is 30.5 Å². The lowest BCUT2D eigenvalue weighted by Gasteiger charge is -2.28. The number of hydrogen-bond donors (Lipinski definition) is 1. The fourth-order valence-electron chi connectivity index (χ4n) is 1.74. The summed E-state index contributed by atoms with van der Waals surface area (Å²) in [6.45, 7) is 3.76. The average molecular weight is 207 g/mol. The molecule has 2 atom stereocenters. The molecular formula is C12H17NO2. The predicted octanol–water partition coefficient (Wildman–Crippen LogP) is 1.74. The third-order valence-corrected chi connectivity index (χ3v) is 2.66. The van der Waals surface area contributed by atoms with E-state index in [0.29, 0.717) is 6.04 Å². The van der Waals surface area contributed by atoms with Gasteiger partial charge < -0.3 is 14.8 Å². The van der Waals surface area contributed by atoms with Crippen LogP contribution in [0.1, 0.15) is 18.6 Å². The molecule has 1 aromatic rings. The molecular weight excluding hydrogens is 190 g/mol. The van der Waals surface area contributed by atoms with E-state index >= 15 is 0 Å². The first kappa shape index (κ1) is 10.5. The molecule has 1 N–H and O–H groups in total. The van der Waals surface area contributed by atoms with E-state index in [2.05, 4.69) is 18.3 Å². The molecule has 0 amide bonds. The van der Waals surface area contributed by atoms with Gasteiger partial charge >= 0.3 is 0 Å². The van der Waals surface area contributed by atoms with Gasteiger partial charge in [-0.1, -0.05) is 12.1 Å². The van der Waals surface area contributed by atoms with Crippen LogP contribution in [0.15, 0.2) is 24.3 Å². The van der Waals surface area contributed by atoms with Crippen LogP contribution in [0.25, 0.3) is 0 Å². The largest absolute Gasteiger partial charge is 0.497 e. The van der Waals surface area contributed by atoms with E-state index in [-0.39, 0.29) is 6.10 Å². The van der Waals surface area contributed by atoms with Crippen molar-refractivity contribution in [3.05, 3.63) is 29.8 Å². The summed E-state index contributed by atoms with van der Waals surface area (Å²) in [4.78, 5) is 0. The van der Waals surface area contributed by atoms with Crippen molar-refractivity contribution in [3.63, 3.8) is 0 Å². The highest BCUT2D eigenvalue weighted by atomic mass is 16.5. The summed E-state index contributed by atoms with van der Waals surface area (Å²) in [5, 5.41) is 3.40. The average Bonchev–Trinajstić information content (AvgIpc) is 2.30. The van der Waals surface area contributed by atoms with Gasteiger partial charge in [-0.3, -0.25) is 0 Å². The van der Waals surface area contributed by atoms with E-state index in [1.165, 1.54) is 5.56 Å². The fraction of sp³-hybridized carbons (Fsp3) is 0.500. The molecule has 1 aliphatic heterocycles. The molecule has 1 saturated heterocycles. The molecule has 3 nitrogen and oxygen atoms in total. The molecule has 3 heteroatoms. The van der Waals surface area contributed by atoms with Crippen LogP contribution < -0.4 is 10.1 Å². The van der Waals surface area contributed by atoms with Gasteiger partial charge in [-0.05, 0) is 24.6 Å². The number of ether oxygens (including phenoxy) is 2. The molecule has 1 heterocycles. The summed E-state index contributed by atoms with van der Waals surface area (Å²) in [6, 6.07) is 8.50. The van der Waals surface area contributed by atoms with Crippen LogP contribution in [-0.4, -0.2) is 26.3 Å². The number of hydrogen-bond acceptors (Lipinski definition) is 3. The second-order valence-electron chi connectivity index (χ2n) is 3.91. The quantitative estimate of drug-likeness (QED) is 0.801. The maximum absolute atomic E-state index is 5.76. The van der Waals surface area contributed by atoms with Crippen molar-refractivity contribution in [1.82, 2.24) is 5.32 Å². The van der Waals surface area contributed by atoms with Gasteiger partial charge in [0.25, 0.3) is 0 Å². The minimum atomic E-state index is 0.149. The SMILES string of the molecule is COc1cccc(C2CN[C@H](C)CO2)c1. The molecule has 82 valence electrons. The van der Waals surface area contributed by atoms with Gasteiger partial charge in [-0.15, -0.1) is 0 Å². The summed E-state index contributed by atoms with van der Waals surface area (Å²) in [7, 11) is 1.68. The molecule has 0 saturated carbocycles. The lowest BCUT2D eigenvalue weighted by molar-refractivity contribution is 0.00686. The van der Waals surface area contributed by atoms with E-state index in [1.54, 1.807) is 7.11 Å². The normalized spacial score (nSPS) is 26.3. The lowest BCUT2D eigenvalue weighted by atomic mass is 10.1.